The van der Waals surface area contributed by atoms with Gasteiger partial charge in [-0.15, -0.1) is 0 Å². The predicted molar refractivity (Wildman–Crippen MR) is 142 cm³/mol. The van der Waals surface area contributed by atoms with Crippen LogP contribution in [0.15, 0.2) is 42.5 Å². The largest absolute Gasteiger partial charge is 0.492 e. The summed E-state index contributed by atoms with van der Waals surface area (Å²) in [7, 11) is 0. The maximum Gasteiger partial charge on any atom is 0.325 e. The number of urea groups is 1. The van der Waals surface area contributed by atoms with Crippen LogP contribution in [0, 0.1) is 13.8 Å². The van der Waals surface area contributed by atoms with E-state index in [9.17, 15) is 14.7 Å². The van der Waals surface area contributed by atoms with Crippen molar-refractivity contribution in [1.29, 1.82) is 0 Å². The third kappa shape index (κ3) is 6.81. The molecule has 0 bridgehead atoms. The van der Waals surface area contributed by atoms with Gasteiger partial charge in [0.2, 0.25) is 0 Å². The zero-order valence-electron chi connectivity index (χ0n) is 22.4. The van der Waals surface area contributed by atoms with E-state index >= 15 is 0 Å². The number of imide groups is 1. The first-order chi connectivity index (χ1) is 17.5. The second-order valence-electron chi connectivity index (χ2n) is 10.9. The van der Waals surface area contributed by atoms with Gasteiger partial charge in [-0.25, -0.2) is 4.79 Å². The van der Waals surface area contributed by atoms with Gasteiger partial charge in [0.1, 0.15) is 30.3 Å². The van der Waals surface area contributed by atoms with Gasteiger partial charge in [0.25, 0.3) is 5.91 Å². The summed E-state index contributed by atoms with van der Waals surface area (Å²) in [5.74, 6) is 1.29. The van der Waals surface area contributed by atoms with E-state index < -0.39 is 11.1 Å². The van der Waals surface area contributed by atoms with E-state index in [2.05, 4.69) is 23.2 Å². The molecule has 0 spiro atoms. The minimum absolute atomic E-state index is 0.208. The number of amides is 3. The molecular formula is C29H39N3O5. The summed E-state index contributed by atoms with van der Waals surface area (Å²) in [4.78, 5) is 27.8. The molecular weight excluding hydrogens is 470 g/mol. The molecule has 2 aromatic rings. The van der Waals surface area contributed by atoms with Gasteiger partial charge in [0, 0.05) is 13.1 Å². The van der Waals surface area contributed by atoms with Gasteiger partial charge in [0.15, 0.2) is 0 Å². The molecule has 2 N–H and O–H groups in total. The first-order valence-corrected chi connectivity index (χ1v) is 13.1. The van der Waals surface area contributed by atoms with Gasteiger partial charge in [-0.1, -0.05) is 29.8 Å². The fourth-order valence-electron chi connectivity index (χ4n) is 4.94. The molecule has 8 nitrogen and oxygen atoms in total. The molecule has 0 radical (unpaired) electrons. The Labute approximate surface area is 219 Å². The van der Waals surface area contributed by atoms with Crippen molar-refractivity contribution in [2.75, 3.05) is 32.8 Å². The molecule has 3 amide bonds. The molecule has 2 aliphatic heterocycles. The average molecular weight is 510 g/mol. The highest BCUT2D eigenvalue weighted by Crippen LogP contribution is 2.27. The van der Waals surface area contributed by atoms with Crippen molar-refractivity contribution in [1.82, 2.24) is 15.1 Å². The molecule has 8 heteroatoms. The van der Waals surface area contributed by atoms with Crippen molar-refractivity contribution < 1.29 is 24.2 Å². The van der Waals surface area contributed by atoms with E-state index in [1.807, 2.05) is 43.3 Å². The number of ether oxygens (including phenoxy) is 2. The topological polar surface area (TPSA) is 91.3 Å². The predicted octanol–water partition coefficient (Wildman–Crippen LogP) is 3.81. The second kappa shape index (κ2) is 11.1. The summed E-state index contributed by atoms with van der Waals surface area (Å²) in [6.07, 6.45) is 2.29. The average Bonchev–Trinajstić information content (AvgIpc) is 2.95. The van der Waals surface area contributed by atoms with E-state index in [1.54, 1.807) is 13.8 Å². The van der Waals surface area contributed by atoms with Crippen LogP contribution in [0.5, 0.6) is 11.5 Å². The second-order valence-corrected chi connectivity index (χ2v) is 10.9. The number of nitrogens with zero attached hydrogens (tertiary/aromatic N) is 2. The maximum absolute atomic E-state index is 12.3. The number of aryl methyl sites for hydroxylation is 2. The van der Waals surface area contributed by atoms with Crippen LogP contribution >= 0.6 is 0 Å². The van der Waals surface area contributed by atoms with Crippen molar-refractivity contribution >= 4 is 11.9 Å². The Bertz CT molecular complexity index is 1120. The molecule has 0 saturated carbocycles. The zero-order valence-corrected chi connectivity index (χ0v) is 22.4. The molecule has 2 aromatic carbocycles. The van der Waals surface area contributed by atoms with Crippen LogP contribution in [-0.4, -0.2) is 70.8 Å². The van der Waals surface area contributed by atoms with Gasteiger partial charge in [0.05, 0.1) is 12.1 Å². The van der Waals surface area contributed by atoms with E-state index in [0.717, 1.165) is 43.8 Å². The molecule has 2 saturated heterocycles. The fraction of sp³-hybridized carbons (Fsp3) is 0.517. The van der Waals surface area contributed by atoms with Gasteiger partial charge in [-0.05, 0) is 82.8 Å². The normalized spacial score (nSPS) is 22.0. The highest BCUT2D eigenvalue weighted by molar-refractivity contribution is 6.06. The van der Waals surface area contributed by atoms with E-state index in [4.69, 9.17) is 9.47 Å². The van der Waals surface area contributed by atoms with Gasteiger partial charge in [-0.3, -0.25) is 14.6 Å². The molecule has 0 aliphatic carbocycles. The Kier molecular flexibility index (Phi) is 8.09. The molecule has 2 fully saturated rings. The summed E-state index contributed by atoms with van der Waals surface area (Å²) in [5.41, 5.74) is 1.76. The molecule has 2 aliphatic rings. The Morgan fingerprint density at radius 3 is 2.43 bits per heavy atom. The molecule has 2 heterocycles. The molecule has 200 valence electrons. The lowest BCUT2D eigenvalue weighted by Gasteiger charge is -2.27. The number of likely N-dealkylation sites (tertiary alicyclic amines) is 1. The monoisotopic (exact) mass is 509 g/mol. The zero-order chi connectivity index (χ0) is 26.6. The van der Waals surface area contributed by atoms with Gasteiger partial charge < -0.3 is 19.9 Å². The lowest BCUT2D eigenvalue weighted by atomic mass is 9.96. The van der Waals surface area contributed by atoms with Crippen molar-refractivity contribution in [2.24, 2.45) is 0 Å². The van der Waals surface area contributed by atoms with Crippen molar-refractivity contribution in [2.45, 2.75) is 64.6 Å². The number of benzene rings is 2. The van der Waals surface area contributed by atoms with E-state index in [-0.39, 0.29) is 25.1 Å². The molecule has 0 unspecified atom stereocenters. The lowest BCUT2D eigenvalue weighted by molar-refractivity contribution is -0.130. The number of nitrogens with one attached hydrogen (secondary N) is 1. The Balaban J connectivity index is 1.22. The van der Waals surface area contributed by atoms with Crippen LogP contribution in [0.2, 0.25) is 0 Å². The molecule has 0 aromatic heterocycles. The first-order valence-electron chi connectivity index (χ1n) is 13.1. The Morgan fingerprint density at radius 1 is 1.00 bits per heavy atom. The van der Waals surface area contributed by atoms with E-state index in [0.29, 0.717) is 18.8 Å². The number of carbonyl (C=O) groups excluding carboxylic acids is 2. The summed E-state index contributed by atoms with van der Waals surface area (Å²) in [5, 5.41) is 13.9. The Morgan fingerprint density at radius 2 is 1.76 bits per heavy atom. The van der Waals surface area contributed by atoms with Gasteiger partial charge in [-0.2, -0.15) is 0 Å². The maximum atomic E-state index is 12.3. The third-order valence-electron chi connectivity index (χ3n) is 7.19. The number of aliphatic hydroxyl groups is 1. The molecule has 37 heavy (non-hydrogen) atoms. The fourth-order valence-corrected chi connectivity index (χ4v) is 4.94. The number of rotatable bonds is 9. The van der Waals surface area contributed by atoms with Crippen LogP contribution < -0.4 is 14.8 Å². The minimum atomic E-state index is -0.866. The van der Waals surface area contributed by atoms with Crippen LogP contribution in [0.25, 0.3) is 0 Å². The number of hydrogen-bond acceptors (Lipinski definition) is 6. The van der Waals surface area contributed by atoms with Crippen molar-refractivity contribution in [3.05, 3.63) is 59.2 Å². The Hall–Kier alpha value is -3.10. The SMILES string of the molecule is Cc1ccc(OC[C@@]2(O)CCCN(Cc3ccc(OCCN4C(=O)NC(C)(C)C4=O)cc3)CC2)c(C)c1. The summed E-state index contributed by atoms with van der Waals surface area (Å²) >= 11 is 0. The first kappa shape index (κ1) is 26.9. The number of carbonyl (C=O) groups is 2. The summed E-state index contributed by atoms with van der Waals surface area (Å²) in [6, 6.07) is 13.6. The molecule has 4 rings (SSSR count). The third-order valence-corrected chi connectivity index (χ3v) is 7.19. The van der Waals surface area contributed by atoms with Crippen molar-refractivity contribution in [3.8, 4) is 11.5 Å². The quantitative estimate of drug-likeness (QED) is 0.500. The highest BCUT2D eigenvalue weighted by Gasteiger charge is 2.43. The van der Waals surface area contributed by atoms with Crippen LogP contribution in [0.4, 0.5) is 4.79 Å². The van der Waals surface area contributed by atoms with Crippen LogP contribution in [-0.2, 0) is 11.3 Å². The van der Waals surface area contributed by atoms with Crippen LogP contribution in [0.1, 0.15) is 49.8 Å². The molecule has 1 atom stereocenters. The summed E-state index contributed by atoms with van der Waals surface area (Å²) in [6.45, 7) is 10.7. The standard InChI is InChI=1S/C29H39N3O5/c1-21-6-11-25(22(2)18-21)37-20-29(35)12-5-14-31(15-13-29)19-23-7-9-24(10-8-23)36-17-16-32-26(33)28(3,4)30-27(32)34/h6-11,18,35H,5,12-17,19-20H2,1-4H3,(H,30,34)/t29-/m1/s1. The number of hydrogen-bond donors (Lipinski definition) is 2. The highest BCUT2D eigenvalue weighted by atomic mass is 16.5. The van der Waals surface area contributed by atoms with Crippen LogP contribution in [0.3, 0.4) is 0 Å². The minimum Gasteiger partial charge on any atom is -0.492 e. The summed E-state index contributed by atoms with van der Waals surface area (Å²) < 4.78 is 11.8. The van der Waals surface area contributed by atoms with Gasteiger partial charge >= 0.3 is 6.03 Å². The van der Waals surface area contributed by atoms with Crippen molar-refractivity contribution in [3.63, 3.8) is 0 Å². The smallest absolute Gasteiger partial charge is 0.325 e. The lowest BCUT2D eigenvalue weighted by Crippen LogP contribution is -2.40. The van der Waals surface area contributed by atoms with E-state index in [1.165, 1.54) is 16.0 Å².